The van der Waals surface area contributed by atoms with Crippen LogP contribution in [-0.2, 0) is 27.5 Å². The molecule has 11 heteroatoms. The molecule has 2 fully saturated rings. The van der Waals surface area contributed by atoms with E-state index in [-0.39, 0.29) is 36.0 Å². The average Bonchev–Trinajstić information content (AvgIpc) is 3.30. The van der Waals surface area contributed by atoms with Gasteiger partial charge in [0, 0.05) is 31.6 Å². The van der Waals surface area contributed by atoms with Crippen LogP contribution in [0.15, 0.2) is 53.6 Å². The van der Waals surface area contributed by atoms with E-state index in [1.54, 1.807) is 24.4 Å². The van der Waals surface area contributed by atoms with E-state index in [1.165, 1.54) is 27.4 Å². The minimum absolute atomic E-state index is 0.0695. The van der Waals surface area contributed by atoms with Gasteiger partial charge in [0.1, 0.15) is 0 Å². The third-order valence-electron chi connectivity index (χ3n) is 7.24. The van der Waals surface area contributed by atoms with Crippen molar-refractivity contribution in [1.82, 2.24) is 19.4 Å². The summed E-state index contributed by atoms with van der Waals surface area (Å²) in [5.41, 5.74) is -0.670. The molecule has 2 saturated heterocycles. The first-order valence-electron chi connectivity index (χ1n) is 11.5. The molecule has 5 rings (SSSR count). The number of aromatic nitrogens is 2. The van der Waals surface area contributed by atoms with Gasteiger partial charge < -0.3 is 4.90 Å². The number of nitrogens with zero attached hydrogens (tertiary/aromatic N) is 3. The number of H-pyrrole nitrogens is 1. The molecule has 0 atom stereocenters. The summed E-state index contributed by atoms with van der Waals surface area (Å²) in [5, 5.41) is 7.40. The Hall–Kier alpha value is -2.92. The maximum atomic E-state index is 13.5. The fourth-order valence-electron chi connectivity index (χ4n) is 5.29. The van der Waals surface area contributed by atoms with Gasteiger partial charge in [-0.25, -0.2) is 8.42 Å². The predicted molar refractivity (Wildman–Crippen MR) is 123 cm³/mol. The molecule has 35 heavy (non-hydrogen) atoms. The smallest absolute Gasteiger partial charge is 0.338 e. The van der Waals surface area contributed by atoms with Gasteiger partial charge in [0.15, 0.2) is 0 Å². The third kappa shape index (κ3) is 4.31. The fraction of sp³-hybridized carbons (Fsp3) is 0.417. The molecule has 7 nitrogen and oxygen atoms in total. The Morgan fingerprint density at radius 3 is 2.51 bits per heavy atom. The highest BCUT2D eigenvalue weighted by Crippen LogP contribution is 2.43. The molecule has 2 aliphatic heterocycles. The summed E-state index contributed by atoms with van der Waals surface area (Å²) in [7, 11) is -3.75. The van der Waals surface area contributed by atoms with Crippen molar-refractivity contribution in [3.05, 3.63) is 59.8 Å². The van der Waals surface area contributed by atoms with Gasteiger partial charge >= 0.3 is 6.18 Å². The molecule has 3 aromatic rings. The van der Waals surface area contributed by atoms with Crippen molar-refractivity contribution in [1.29, 1.82) is 0 Å². The Balaban J connectivity index is 1.31. The molecule has 1 spiro atoms. The number of piperidine rings is 2. The van der Waals surface area contributed by atoms with Crippen molar-refractivity contribution in [2.75, 3.05) is 19.6 Å². The molecular weight excluding hydrogens is 481 g/mol. The van der Waals surface area contributed by atoms with E-state index in [0.29, 0.717) is 37.6 Å². The van der Waals surface area contributed by atoms with Crippen LogP contribution in [0.1, 0.15) is 36.8 Å². The van der Waals surface area contributed by atoms with Crippen molar-refractivity contribution < 1.29 is 26.4 Å². The molecule has 0 aliphatic carbocycles. The lowest BCUT2D eigenvalue weighted by Crippen LogP contribution is -2.54. The van der Waals surface area contributed by atoms with Crippen molar-refractivity contribution in [3.8, 4) is 0 Å². The Kier molecular flexibility index (Phi) is 5.87. The van der Waals surface area contributed by atoms with Crippen molar-refractivity contribution in [2.24, 2.45) is 5.41 Å². The second-order valence-corrected chi connectivity index (χ2v) is 11.2. The van der Waals surface area contributed by atoms with E-state index < -0.39 is 27.2 Å². The van der Waals surface area contributed by atoms with Gasteiger partial charge in [-0.3, -0.25) is 9.89 Å². The highest BCUT2D eigenvalue weighted by molar-refractivity contribution is 7.89. The lowest BCUT2D eigenvalue weighted by atomic mass is 9.72. The molecular formula is C24H25F3N4O3S. The van der Waals surface area contributed by atoms with Gasteiger partial charge in [0.25, 0.3) is 0 Å². The number of likely N-dealkylation sites (tertiary alicyclic amines) is 1. The maximum Gasteiger partial charge on any atom is 0.416 e. The number of carbonyl (C=O) groups is 1. The second kappa shape index (κ2) is 8.63. The quantitative estimate of drug-likeness (QED) is 0.576. The highest BCUT2D eigenvalue weighted by Gasteiger charge is 2.47. The summed E-state index contributed by atoms with van der Waals surface area (Å²) in [6.07, 6.45) is -0.965. The molecule has 1 amide bonds. The third-order valence-corrected chi connectivity index (χ3v) is 9.13. The van der Waals surface area contributed by atoms with Crippen LogP contribution in [0.25, 0.3) is 10.9 Å². The average molecular weight is 507 g/mol. The number of hydrogen-bond donors (Lipinski definition) is 1. The van der Waals surface area contributed by atoms with Crippen LogP contribution >= 0.6 is 0 Å². The number of rotatable bonds is 4. The Bertz CT molecular complexity index is 1360. The first kappa shape index (κ1) is 23.8. The zero-order chi connectivity index (χ0) is 24.8. The van der Waals surface area contributed by atoms with Crippen LogP contribution < -0.4 is 0 Å². The normalized spacial score (nSPS) is 19.5. The zero-order valence-electron chi connectivity index (χ0n) is 18.9. The van der Waals surface area contributed by atoms with Crippen LogP contribution in [0.4, 0.5) is 13.2 Å². The number of alkyl halides is 3. The first-order valence-corrected chi connectivity index (χ1v) is 12.9. The number of benzene rings is 2. The van der Waals surface area contributed by atoms with E-state index in [4.69, 9.17) is 0 Å². The minimum Gasteiger partial charge on any atom is -0.338 e. The summed E-state index contributed by atoms with van der Waals surface area (Å²) < 4.78 is 68.2. The number of hydrogen-bond acceptors (Lipinski definition) is 4. The Morgan fingerprint density at radius 1 is 1.03 bits per heavy atom. The van der Waals surface area contributed by atoms with Gasteiger partial charge in [0.2, 0.25) is 15.9 Å². The van der Waals surface area contributed by atoms with Gasteiger partial charge in [0.05, 0.1) is 27.6 Å². The number of carbonyl (C=O) groups excluding carboxylic acids is 1. The van der Waals surface area contributed by atoms with Crippen molar-refractivity contribution >= 4 is 26.8 Å². The number of nitrogens with one attached hydrogen (secondary N) is 1. The van der Waals surface area contributed by atoms with Gasteiger partial charge in [-0.15, -0.1) is 0 Å². The van der Waals surface area contributed by atoms with Gasteiger partial charge in [-0.2, -0.15) is 22.6 Å². The molecule has 2 aliphatic rings. The summed E-state index contributed by atoms with van der Waals surface area (Å²) in [6, 6.07) is 10.1. The van der Waals surface area contributed by atoms with Crippen LogP contribution in [0, 0.1) is 5.41 Å². The fourth-order valence-corrected chi connectivity index (χ4v) is 6.77. The van der Waals surface area contributed by atoms with Crippen LogP contribution in [0.3, 0.4) is 0 Å². The number of sulfonamides is 1. The zero-order valence-corrected chi connectivity index (χ0v) is 19.7. The topological polar surface area (TPSA) is 86.4 Å². The molecule has 0 bridgehead atoms. The molecule has 1 N–H and O–H groups in total. The highest BCUT2D eigenvalue weighted by atomic mass is 32.2. The largest absolute Gasteiger partial charge is 0.416 e. The summed E-state index contributed by atoms with van der Waals surface area (Å²) >= 11 is 0. The summed E-state index contributed by atoms with van der Waals surface area (Å²) in [4.78, 5) is 15.2. The van der Waals surface area contributed by atoms with Gasteiger partial charge in [-0.1, -0.05) is 18.2 Å². The lowest BCUT2D eigenvalue weighted by Gasteiger charge is -2.46. The molecule has 3 heterocycles. The van der Waals surface area contributed by atoms with E-state index in [9.17, 15) is 26.4 Å². The van der Waals surface area contributed by atoms with E-state index >= 15 is 0 Å². The van der Waals surface area contributed by atoms with Crippen molar-refractivity contribution in [2.45, 2.75) is 43.3 Å². The monoisotopic (exact) mass is 506 g/mol. The number of fused-ring (bicyclic) bond motifs is 1. The van der Waals surface area contributed by atoms with Gasteiger partial charge in [-0.05, 0) is 55.5 Å². The molecule has 186 valence electrons. The van der Waals surface area contributed by atoms with E-state index in [1.807, 2.05) is 0 Å². The summed E-state index contributed by atoms with van der Waals surface area (Å²) in [5.74, 6) is -0.183. The Labute approximate surface area is 201 Å². The SMILES string of the molecule is O=C1N(Cc2ccccc2C(F)(F)F)CCCC12CCN(S(=O)(=O)c1ccc3[nH]ncc3c1)CC2. The Morgan fingerprint density at radius 2 is 1.77 bits per heavy atom. The minimum atomic E-state index is -4.49. The maximum absolute atomic E-state index is 13.5. The molecule has 1 aromatic heterocycles. The van der Waals surface area contributed by atoms with Crippen LogP contribution in [0.2, 0.25) is 0 Å². The second-order valence-electron chi connectivity index (χ2n) is 9.29. The van der Waals surface area contributed by atoms with E-state index in [0.717, 1.165) is 11.6 Å². The molecule has 0 unspecified atom stereocenters. The van der Waals surface area contributed by atoms with Crippen molar-refractivity contribution in [3.63, 3.8) is 0 Å². The van der Waals surface area contributed by atoms with Crippen LogP contribution in [0.5, 0.6) is 0 Å². The number of amides is 1. The standard InChI is InChI=1S/C24H25F3N4O3S/c25-24(26,27)20-5-2-1-4-17(20)16-30-11-3-8-23(22(30)32)9-12-31(13-10-23)35(33,34)19-6-7-21-18(14-19)15-28-29-21/h1-2,4-7,14-15H,3,8-13,16H2,(H,28,29). The molecule has 2 aromatic carbocycles. The first-order chi connectivity index (χ1) is 16.6. The predicted octanol–water partition coefficient (Wildman–Crippen LogP) is 4.18. The van der Waals surface area contributed by atoms with E-state index in [2.05, 4.69) is 10.2 Å². The lowest BCUT2D eigenvalue weighted by molar-refractivity contribution is -0.151. The molecule has 0 radical (unpaired) electrons. The summed E-state index contributed by atoms with van der Waals surface area (Å²) in [6.45, 7) is 0.650. The van der Waals surface area contributed by atoms with Crippen LogP contribution in [-0.4, -0.2) is 53.4 Å². The molecule has 0 saturated carbocycles. The number of aromatic amines is 1. The number of halogens is 3.